The highest BCUT2D eigenvalue weighted by molar-refractivity contribution is 5.90. The molecule has 5 heteroatoms. The van der Waals surface area contributed by atoms with Gasteiger partial charge in [0.1, 0.15) is 17.7 Å². The van der Waals surface area contributed by atoms with Gasteiger partial charge in [0.15, 0.2) is 0 Å². The number of hydrogen-bond donors (Lipinski definition) is 1. The van der Waals surface area contributed by atoms with Crippen molar-refractivity contribution < 1.29 is 4.39 Å². The minimum atomic E-state index is -0.316. The molecule has 1 unspecified atom stereocenters. The van der Waals surface area contributed by atoms with E-state index in [0.29, 0.717) is 22.9 Å². The fraction of sp³-hybridized carbons (Fsp3) is 0.360. The Labute approximate surface area is 177 Å². The molecule has 4 nitrogen and oxygen atoms in total. The van der Waals surface area contributed by atoms with E-state index < -0.39 is 0 Å². The molecule has 3 aromatic rings. The van der Waals surface area contributed by atoms with Crippen molar-refractivity contribution in [2.24, 2.45) is 0 Å². The molecule has 0 spiro atoms. The fourth-order valence-electron chi connectivity index (χ4n) is 4.67. The van der Waals surface area contributed by atoms with Crippen molar-refractivity contribution in [3.8, 4) is 6.07 Å². The highest BCUT2D eigenvalue weighted by atomic mass is 19.1. The first-order valence-electron chi connectivity index (χ1n) is 10.5. The lowest BCUT2D eigenvalue weighted by molar-refractivity contribution is 0.375. The Morgan fingerprint density at radius 3 is 2.83 bits per heavy atom. The third kappa shape index (κ3) is 3.47. The van der Waals surface area contributed by atoms with E-state index in [1.54, 1.807) is 12.1 Å². The number of nitriles is 1. The average Bonchev–Trinajstić information content (AvgIpc) is 3.13. The first-order valence-corrected chi connectivity index (χ1v) is 10.5. The number of rotatable bonds is 4. The maximum atomic E-state index is 15.2. The molecule has 0 radical (unpaired) electrons. The summed E-state index contributed by atoms with van der Waals surface area (Å²) < 4.78 is 15.2. The molecule has 1 aliphatic rings. The van der Waals surface area contributed by atoms with Crippen LogP contribution in [0.4, 0.5) is 10.1 Å². The van der Waals surface area contributed by atoms with Gasteiger partial charge in [0.05, 0.1) is 16.6 Å². The molecule has 154 valence electrons. The van der Waals surface area contributed by atoms with E-state index in [0.717, 1.165) is 41.7 Å². The van der Waals surface area contributed by atoms with E-state index in [9.17, 15) is 5.26 Å². The zero-order valence-corrected chi connectivity index (χ0v) is 18.0. The second-order valence-corrected chi connectivity index (χ2v) is 8.77. The van der Waals surface area contributed by atoms with E-state index in [2.05, 4.69) is 48.6 Å². The van der Waals surface area contributed by atoms with Crippen LogP contribution >= 0.6 is 0 Å². The maximum absolute atomic E-state index is 15.2. The number of aromatic amines is 1. The van der Waals surface area contributed by atoms with Crippen molar-refractivity contribution in [3.05, 3.63) is 59.2 Å². The molecule has 30 heavy (non-hydrogen) atoms. The Hall–Kier alpha value is -3.13. The largest absolute Gasteiger partial charge is 0.366 e. The lowest BCUT2D eigenvalue weighted by atomic mass is 9.79. The summed E-state index contributed by atoms with van der Waals surface area (Å²) in [6.45, 7) is 9.68. The third-order valence-electron chi connectivity index (χ3n) is 6.02. The number of imidazole rings is 1. The molecule has 2 aromatic carbocycles. The summed E-state index contributed by atoms with van der Waals surface area (Å²) in [5.74, 6) is 0.453. The molecule has 2 heterocycles. The van der Waals surface area contributed by atoms with E-state index in [1.165, 1.54) is 0 Å². The van der Waals surface area contributed by atoms with E-state index in [-0.39, 0.29) is 11.4 Å². The Morgan fingerprint density at radius 1 is 1.37 bits per heavy atom. The Balaban J connectivity index is 1.80. The van der Waals surface area contributed by atoms with Crippen molar-refractivity contribution in [1.29, 1.82) is 5.26 Å². The summed E-state index contributed by atoms with van der Waals surface area (Å²) in [7, 11) is 0. The van der Waals surface area contributed by atoms with Gasteiger partial charge in [0.2, 0.25) is 0 Å². The number of nitrogens with zero attached hydrogens (tertiary/aromatic N) is 3. The van der Waals surface area contributed by atoms with Crippen LogP contribution in [0.1, 0.15) is 63.4 Å². The molecule has 0 saturated carbocycles. The molecule has 0 saturated heterocycles. The van der Waals surface area contributed by atoms with Crippen molar-refractivity contribution in [3.63, 3.8) is 0 Å². The summed E-state index contributed by atoms with van der Waals surface area (Å²) in [4.78, 5) is 9.97. The minimum Gasteiger partial charge on any atom is -0.366 e. The lowest BCUT2D eigenvalue weighted by Crippen LogP contribution is -2.48. The van der Waals surface area contributed by atoms with Gasteiger partial charge in [0.25, 0.3) is 0 Å². The van der Waals surface area contributed by atoms with Crippen molar-refractivity contribution in [2.75, 3.05) is 11.4 Å². The van der Waals surface area contributed by atoms with Crippen LogP contribution in [0.2, 0.25) is 0 Å². The van der Waals surface area contributed by atoms with Gasteiger partial charge < -0.3 is 9.88 Å². The molecule has 0 bridgehead atoms. The predicted molar refractivity (Wildman–Crippen MR) is 121 cm³/mol. The minimum absolute atomic E-state index is 0.0156. The van der Waals surface area contributed by atoms with Crippen molar-refractivity contribution in [2.45, 2.75) is 52.0 Å². The summed E-state index contributed by atoms with van der Waals surface area (Å²) in [6.07, 6.45) is 3.61. The SMILES string of the molecule is CCCN1c2cc(F)c(/C=C(\C#N)c3nc4ccccc4[nH]3)cc2C(C)CC1(C)C. The second kappa shape index (κ2) is 7.60. The summed E-state index contributed by atoms with van der Waals surface area (Å²) in [6, 6.07) is 13.3. The lowest BCUT2D eigenvalue weighted by Gasteiger charge is -2.47. The first kappa shape index (κ1) is 20.2. The van der Waals surface area contributed by atoms with Crippen LogP contribution in [-0.4, -0.2) is 22.1 Å². The number of H-pyrrole nitrogens is 1. The fourth-order valence-corrected chi connectivity index (χ4v) is 4.67. The Bertz CT molecular complexity index is 1130. The van der Waals surface area contributed by atoms with E-state index in [4.69, 9.17) is 0 Å². The van der Waals surface area contributed by atoms with Crippen LogP contribution in [0.15, 0.2) is 36.4 Å². The van der Waals surface area contributed by atoms with Crippen LogP contribution < -0.4 is 4.90 Å². The quantitative estimate of drug-likeness (QED) is 0.523. The molecule has 1 N–H and O–H groups in total. The van der Waals surface area contributed by atoms with E-state index in [1.807, 2.05) is 30.3 Å². The number of fused-ring (bicyclic) bond motifs is 2. The van der Waals surface area contributed by atoms with Gasteiger partial charge in [0, 0.05) is 23.3 Å². The van der Waals surface area contributed by atoms with Gasteiger partial charge in [-0.25, -0.2) is 9.37 Å². The maximum Gasteiger partial charge on any atom is 0.149 e. The third-order valence-corrected chi connectivity index (χ3v) is 6.02. The van der Waals surface area contributed by atoms with Crippen molar-refractivity contribution >= 4 is 28.4 Å². The summed E-state index contributed by atoms with van der Waals surface area (Å²) in [5.41, 5.74) is 4.47. The van der Waals surface area contributed by atoms with Gasteiger partial charge >= 0.3 is 0 Å². The number of hydrogen-bond acceptors (Lipinski definition) is 3. The number of anilines is 1. The molecule has 1 aromatic heterocycles. The highest BCUT2D eigenvalue weighted by Crippen LogP contribution is 2.44. The van der Waals surface area contributed by atoms with Crippen molar-refractivity contribution in [1.82, 2.24) is 9.97 Å². The number of aromatic nitrogens is 2. The number of benzene rings is 2. The molecule has 0 aliphatic carbocycles. The number of allylic oxidation sites excluding steroid dienone is 1. The zero-order valence-electron chi connectivity index (χ0n) is 18.0. The van der Waals surface area contributed by atoms with Gasteiger partial charge in [-0.1, -0.05) is 26.0 Å². The van der Waals surface area contributed by atoms with Gasteiger partial charge in [-0.3, -0.25) is 0 Å². The molecular formula is C25H27FN4. The van der Waals surface area contributed by atoms with Gasteiger partial charge in [-0.2, -0.15) is 5.26 Å². The van der Waals surface area contributed by atoms with Gasteiger partial charge in [-0.05, 0) is 68.5 Å². The second-order valence-electron chi connectivity index (χ2n) is 8.77. The Morgan fingerprint density at radius 2 is 2.13 bits per heavy atom. The standard InChI is InChI=1S/C25H27FN4/c1-5-10-30-23-13-20(26)17(12-19(23)16(2)14-25(30,3)4)11-18(15-27)24-28-21-8-6-7-9-22(21)29-24/h6-9,11-13,16H,5,10,14H2,1-4H3,(H,28,29)/b18-11+. The zero-order chi connectivity index (χ0) is 21.5. The molecule has 1 atom stereocenters. The molecule has 0 amide bonds. The predicted octanol–water partition coefficient (Wildman–Crippen LogP) is 6.27. The van der Waals surface area contributed by atoms with Crippen LogP contribution in [-0.2, 0) is 0 Å². The average molecular weight is 403 g/mol. The summed E-state index contributed by atoms with van der Waals surface area (Å²) in [5, 5.41) is 9.72. The monoisotopic (exact) mass is 402 g/mol. The van der Waals surface area contributed by atoms with E-state index >= 15 is 4.39 Å². The summed E-state index contributed by atoms with van der Waals surface area (Å²) >= 11 is 0. The van der Waals surface area contributed by atoms with Crippen LogP contribution in [0.25, 0.3) is 22.7 Å². The van der Waals surface area contributed by atoms with Crippen LogP contribution in [0.5, 0.6) is 0 Å². The molecule has 0 fully saturated rings. The molecular weight excluding hydrogens is 375 g/mol. The van der Waals surface area contributed by atoms with Crippen LogP contribution in [0, 0.1) is 17.1 Å². The smallest absolute Gasteiger partial charge is 0.149 e. The number of nitrogens with one attached hydrogen (secondary N) is 1. The molecule has 4 rings (SSSR count). The first-order chi connectivity index (χ1) is 14.3. The highest BCUT2D eigenvalue weighted by Gasteiger charge is 2.36. The number of para-hydroxylation sites is 2. The van der Waals surface area contributed by atoms with Crippen LogP contribution in [0.3, 0.4) is 0 Å². The molecule has 1 aliphatic heterocycles. The normalized spacial score (nSPS) is 18.3. The number of halogens is 1. The van der Waals surface area contributed by atoms with Gasteiger partial charge in [-0.15, -0.1) is 0 Å². The topological polar surface area (TPSA) is 55.7 Å². The Kier molecular flexibility index (Phi) is 5.11.